The van der Waals surface area contributed by atoms with Crippen molar-refractivity contribution in [3.05, 3.63) is 24.0 Å². The second-order valence-electron chi connectivity index (χ2n) is 5.39. The van der Waals surface area contributed by atoms with Gasteiger partial charge >= 0.3 is 0 Å². The lowest BCUT2D eigenvalue weighted by Gasteiger charge is -2.26. The fourth-order valence-corrected chi connectivity index (χ4v) is 2.84. The Morgan fingerprint density at radius 1 is 1.24 bits per heavy atom. The van der Waals surface area contributed by atoms with Gasteiger partial charge in [0, 0.05) is 31.9 Å². The highest BCUT2D eigenvalue weighted by Gasteiger charge is 2.12. The first-order valence-corrected chi connectivity index (χ1v) is 7.43. The maximum absolute atomic E-state index is 9.50. The number of benzene rings is 1. The Bertz CT molecular complexity index is 605. The van der Waals surface area contributed by atoms with Crippen molar-refractivity contribution < 1.29 is 9.84 Å². The van der Waals surface area contributed by atoms with E-state index in [1.807, 2.05) is 18.2 Å². The first-order chi connectivity index (χ1) is 10.3. The molecule has 1 aromatic carbocycles. The van der Waals surface area contributed by atoms with Crippen LogP contribution in [0.2, 0.25) is 0 Å². The molecule has 2 aromatic rings. The van der Waals surface area contributed by atoms with Crippen molar-refractivity contribution in [2.75, 3.05) is 38.6 Å². The van der Waals surface area contributed by atoms with Gasteiger partial charge in [0.15, 0.2) is 0 Å². The zero-order chi connectivity index (χ0) is 14.7. The van der Waals surface area contributed by atoms with E-state index in [4.69, 9.17) is 10.5 Å². The van der Waals surface area contributed by atoms with Crippen molar-refractivity contribution in [2.24, 2.45) is 0 Å². The first-order valence-electron chi connectivity index (χ1n) is 7.43. The topological polar surface area (TPSA) is 76.5 Å². The number of hydrogen-bond donors (Lipinski definition) is 2. The number of fused-ring (bicyclic) bond motifs is 1. The summed E-state index contributed by atoms with van der Waals surface area (Å²) in [5.41, 5.74) is 8.38. The van der Waals surface area contributed by atoms with Crippen LogP contribution in [0.25, 0.3) is 11.0 Å². The van der Waals surface area contributed by atoms with Crippen molar-refractivity contribution in [2.45, 2.75) is 19.6 Å². The van der Waals surface area contributed by atoms with Crippen LogP contribution in [-0.4, -0.2) is 52.4 Å². The molecule has 0 saturated carbocycles. The molecule has 0 spiro atoms. The molecule has 6 nitrogen and oxygen atoms in total. The smallest absolute Gasteiger partial charge is 0.135 e. The number of aryl methyl sites for hydroxylation is 1. The molecular weight excluding hydrogens is 268 g/mol. The van der Waals surface area contributed by atoms with E-state index in [0.29, 0.717) is 11.5 Å². The van der Waals surface area contributed by atoms with Crippen LogP contribution in [-0.2, 0) is 17.9 Å². The number of aromatic nitrogens is 2. The number of hydrogen-bond acceptors (Lipinski definition) is 5. The molecule has 2 heterocycles. The van der Waals surface area contributed by atoms with Gasteiger partial charge in [0.2, 0.25) is 0 Å². The summed E-state index contributed by atoms with van der Waals surface area (Å²) in [4.78, 5) is 6.87. The standard InChI is InChI=1S/C15H22N4O2/c16-12-2-3-14-13(10-12)17-15(11-20)19(14)5-1-4-18-6-8-21-9-7-18/h2-3,10,20H,1,4-9,11,16H2. The fourth-order valence-electron chi connectivity index (χ4n) is 2.84. The van der Waals surface area contributed by atoms with E-state index < -0.39 is 0 Å². The molecule has 1 fully saturated rings. The van der Waals surface area contributed by atoms with Gasteiger partial charge in [0.05, 0.1) is 24.2 Å². The summed E-state index contributed by atoms with van der Waals surface area (Å²) in [7, 11) is 0. The highest BCUT2D eigenvalue weighted by atomic mass is 16.5. The molecule has 21 heavy (non-hydrogen) atoms. The molecule has 1 aliphatic rings. The lowest BCUT2D eigenvalue weighted by Crippen LogP contribution is -2.37. The van der Waals surface area contributed by atoms with Gasteiger partial charge in [-0.05, 0) is 24.6 Å². The van der Waals surface area contributed by atoms with Crippen molar-refractivity contribution in [1.82, 2.24) is 14.5 Å². The molecule has 0 amide bonds. The van der Waals surface area contributed by atoms with Crippen LogP contribution in [0.3, 0.4) is 0 Å². The summed E-state index contributed by atoms with van der Waals surface area (Å²) < 4.78 is 7.45. The SMILES string of the molecule is Nc1ccc2c(c1)nc(CO)n2CCCN1CCOCC1. The molecule has 6 heteroatoms. The number of morpholine rings is 1. The summed E-state index contributed by atoms with van der Waals surface area (Å²) in [6, 6.07) is 5.71. The van der Waals surface area contributed by atoms with Crippen LogP contribution in [0.15, 0.2) is 18.2 Å². The van der Waals surface area contributed by atoms with Crippen molar-refractivity contribution in [1.29, 1.82) is 0 Å². The number of aliphatic hydroxyl groups excluding tert-OH is 1. The number of rotatable bonds is 5. The van der Waals surface area contributed by atoms with Crippen LogP contribution in [0, 0.1) is 0 Å². The minimum Gasteiger partial charge on any atom is -0.399 e. The van der Waals surface area contributed by atoms with E-state index >= 15 is 0 Å². The summed E-state index contributed by atoms with van der Waals surface area (Å²) in [5.74, 6) is 0.706. The van der Waals surface area contributed by atoms with E-state index in [1.54, 1.807) is 0 Å². The lowest BCUT2D eigenvalue weighted by atomic mass is 10.2. The van der Waals surface area contributed by atoms with Crippen molar-refractivity contribution in [3.63, 3.8) is 0 Å². The molecule has 0 atom stereocenters. The highest BCUT2D eigenvalue weighted by molar-refractivity contribution is 5.79. The largest absolute Gasteiger partial charge is 0.399 e. The Morgan fingerprint density at radius 3 is 2.81 bits per heavy atom. The van der Waals surface area contributed by atoms with Crippen molar-refractivity contribution >= 4 is 16.7 Å². The Morgan fingerprint density at radius 2 is 2.05 bits per heavy atom. The van der Waals surface area contributed by atoms with Crippen LogP contribution in [0.4, 0.5) is 5.69 Å². The molecule has 3 rings (SSSR count). The van der Waals surface area contributed by atoms with Gasteiger partial charge in [-0.25, -0.2) is 4.98 Å². The molecule has 1 saturated heterocycles. The zero-order valence-corrected chi connectivity index (χ0v) is 12.2. The quantitative estimate of drug-likeness (QED) is 0.798. The molecule has 114 valence electrons. The Balaban J connectivity index is 1.70. The third-order valence-electron chi connectivity index (χ3n) is 3.95. The third-order valence-corrected chi connectivity index (χ3v) is 3.95. The number of nitrogens with zero attached hydrogens (tertiary/aromatic N) is 3. The summed E-state index contributed by atoms with van der Waals surface area (Å²) in [6.07, 6.45) is 1.03. The van der Waals surface area contributed by atoms with Gasteiger partial charge in [-0.3, -0.25) is 4.90 Å². The van der Waals surface area contributed by atoms with E-state index in [-0.39, 0.29) is 6.61 Å². The fraction of sp³-hybridized carbons (Fsp3) is 0.533. The van der Waals surface area contributed by atoms with Gasteiger partial charge in [-0.1, -0.05) is 0 Å². The van der Waals surface area contributed by atoms with E-state index in [0.717, 1.165) is 56.8 Å². The minimum atomic E-state index is -0.0495. The van der Waals surface area contributed by atoms with Crippen LogP contribution in [0.1, 0.15) is 12.2 Å². The second kappa shape index (κ2) is 6.43. The average Bonchev–Trinajstić information content (AvgIpc) is 2.85. The number of anilines is 1. The third kappa shape index (κ3) is 3.18. The average molecular weight is 290 g/mol. The van der Waals surface area contributed by atoms with Crippen LogP contribution in [0.5, 0.6) is 0 Å². The number of imidazole rings is 1. The summed E-state index contributed by atoms with van der Waals surface area (Å²) in [5, 5.41) is 9.50. The lowest BCUT2D eigenvalue weighted by molar-refractivity contribution is 0.0369. The van der Waals surface area contributed by atoms with Crippen molar-refractivity contribution in [3.8, 4) is 0 Å². The molecule has 1 aromatic heterocycles. The summed E-state index contributed by atoms with van der Waals surface area (Å²) >= 11 is 0. The molecular formula is C15H22N4O2. The van der Waals surface area contributed by atoms with E-state index in [2.05, 4.69) is 14.5 Å². The normalized spacial score (nSPS) is 16.6. The Kier molecular flexibility index (Phi) is 4.38. The first kappa shape index (κ1) is 14.3. The Hall–Kier alpha value is -1.63. The molecule has 1 aliphatic heterocycles. The number of nitrogen functional groups attached to an aromatic ring is 1. The van der Waals surface area contributed by atoms with Gasteiger partial charge in [0.25, 0.3) is 0 Å². The molecule has 0 bridgehead atoms. The minimum absolute atomic E-state index is 0.0495. The van der Waals surface area contributed by atoms with Gasteiger partial charge in [-0.2, -0.15) is 0 Å². The predicted molar refractivity (Wildman–Crippen MR) is 81.9 cm³/mol. The predicted octanol–water partition coefficient (Wildman–Crippen LogP) is 0.833. The molecule has 3 N–H and O–H groups in total. The number of aliphatic hydroxyl groups is 1. The summed E-state index contributed by atoms with van der Waals surface area (Å²) in [6.45, 7) is 5.52. The van der Waals surface area contributed by atoms with E-state index in [9.17, 15) is 5.11 Å². The number of ether oxygens (including phenoxy) is 1. The Labute approximate surface area is 124 Å². The maximum atomic E-state index is 9.50. The van der Waals surface area contributed by atoms with Crippen LogP contribution < -0.4 is 5.73 Å². The molecule has 0 radical (unpaired) electrons. The number of nitrogens with two attached hydrogens (primary N) is 1. The second-order valence-corrected chi connectivity index (χ2v) is 5.39. The zero-order valence-electron chi connectivity index (χ0n) is 12.2. The van der Waals surface area contributed by atoms with E-state index in [1.165, 1.54) is 0 Å². The van der Waals surface area contributed by atoms with Crippen LogP contribution >= 0.6 is 0 Å². The monoisotopic (exact) mass is 290 g/mol. The maximum Gasteiger partial charge on any atom is 0.135 e. The van der Waals surface area contributed by atoms with Gasteiger partial charge in [-0.15, -0.1) is 0 Å². The molecule has 0 unspecified atom stereocenters. The van der Waals surface area contributed by atoms with Gasteiger partial charge < -0.3 is 20.1 Å². The molecule has 0 aliphatic carbocycles. The highest BCUT2D eigenvalue weighted by Crippen LogP contribution is 2.19. The van der Waals surface area contributed by atoms with Gasteiger partial charge in [0.1, 0.15) is 12.4 Å².